The summed E-state index contributed by atoms with van der Waals surface area (Å²) >= 11 is 0. The Bertz CT molecular complexity index is 1050. The van der Waals surface area contributed by atoms with Crippen LogP contribution in [0.5, 0.6) is 5.75 Å². The van der Waals surface area contributed by atoms with Crippen LogP contribution >= 0.6 is 0 Å². The lowest BCUT2D eigenvalue weighted by atomic mass is 9.96. The number of carbonyl (C=O) groups is 1. The zero-order chi connectivity index (χ0) is 22.3. The second kappa shape index (κ2) is 10.3. The van der Waals surface area contributed by atoms with E-state index in [1.165, 1.54) is 32.1 Å². The highest BCUT2D eigenvalue weighted by atomic mass is 16.5. The molecule has 1 fully saturated rings. The summed E-state index contributed by atoms with van der Waals surface area (Å²) in [5, 5.41) is 6.50. The zero-order valence-electron chi connectivity index (χ0n) is 18.7. The second-order valence-corrected chi connectivity index (χ2v) is 8.33. The van der Waals surface area contributed by atoms with Gasteiger partial charge in [-0.3, -0.25) is 4.79 Å². The van der Waals surface area contributed by atoms with Gasteiger partial charge in [0, 0.05) is 29.6 Å². The molecule has 1 atom stereocenters. The summed E-state index contributed by atoms with van der Waals surface area (Å²) in [5.74, 6) is 1.31. The first-order valence-corrected chi connectivity index (χ1v) is 11.3. The molecule has 6 heteroatoms. The summed E-state index contributed by atoms with van der Waals surface area (Å²) < 4.78 is 5.28. The summed E-state index contributed by atoms with van der Waals surface area (Å²) in [6.07, 6.45) is 9.83. The van der Waals surface area contributed by atoms with Gasteiger partial charge in [-0.05, 0) is 55.2 Å². The summed E-state index contributed by atoms with van der Waals surface area (Å²) in [6, 6.07) is 15.6. The fraction of sp³-hybridized carbons (Fsp3) is 0.346. The number of anilines is 1. The lowest BCUT2D eigenvalue weighted by molar-refractivity contribution is 0.0940. The fourth-order valence-electron chi connectivity index (χ4n) is 4.10. The third-order valence-corrected chi connectivity index (χ3v) is 5.99. The Hall–Kier alpha value is -3.41. The maximum atomic E-state index is 12.9. The molecule has 3 aromatic rings. The summed E-state index contributed by atoms with van der Waals surface area (Å²) in [6.45, 7) is 1.96. The van der Waals surface area contributed by atoms with Gasteiger partial charge in [0.2, 0.25) is 5.95 Å². The number of hydrogen-bond donors (Lipinski definition) is 2. The molecule has 0 spiro atoms. The molecule has 6 nitrogen and oxygen atoms in total. The smallest absolute Gasteiger partial charge is 0.251 e. The molecule has 1 heterocycles. The number of carbonyl (C=O) groups excluding carboxylic acids is 1. The van der Waals surface area contributed by atoms with Crippen LogP contribution in [0, 0.1) is 0 Å². The van der Waals surface area contributed by atoms with Gasteiger partial charge in [0.05, 0.1) is 13.2 Å². The van der Waals surface area contributed by atoms with Crippen LogP contribution in [0.2, 0.25) is 0 Å². The van der Waals surface area contributed by atoms with Gasteiger partial charge in [0.1, 0.15) is 5.75 Å². The number of nitrogens with zero attached hydrogens (tertiary/aromatic N) is 2. The topological polar surface area (TPSA) is 76.1 Å². The Kier molecular flexibility index (Phi) is 7.00. The van der Waals surface area contributed by atoms with E-state index in [-0.39, 0.29) is 11.9 Å². The number of benzene rings is 2. The number of nitrogens with one attached hydrogen (secondary N) is 2. The lowest BCUT2D eigenvalue weighted by Crippen LogP contribution is -2.26. The predicted molar refractivity (Wildman–Crippen MR) is 127 cm³/mol. The van der Waals surface area contributed by atoms with Crippen molar-refractivity contribution in [3.8, 4) is 16.9 Å². The van der Waals surface area contributed by atoms with E-state index in [2.05, 4.69) is 20.6 Å². The van der Waals surface area contributed by atoms with Crippen LogP contribution in [0.3, 0.4) is 0 Å². The highest BCUT2D eigenvalue weighted by Gasteiger charge is 2.15. The molecule has 32 heavy (non-hydrogen) atoms. The Morgan fingerprint density at radius 1 is 1.00 bits per heavy atom. The van der Waals surface area contributed by atoms with Gasteiger partial charge in [-0.25, -0.2) is 9.97 Å². The minimum Gasteiger partial charge on any atom is -0.497 e. The molecule has 0 bridgehead atoms. The van der Waals surface area contributed by atoms with E-state index < -0.39 is 0 Å². The van der Waals surface area contributed by atoms with Crippen molar-refractivity contribution in [2.24, 2.45) is 0 Å². The van der Waals surface area contributed by atoms with Crippen LogP contribution in [-0.2, 0) is 0 Å². The number of ether oxygens (including phenoxy) is 1. The molecule has 1 saturated carbocycles. The van der Waals surface area contributed by atoms with Gasteiger partial charge in [0.25, 0.3) is 5.91 Å². The first kappa shape index (κ1) is 21.8. The summed E-state index contributed by atoms with van der Waals surface area (Å²) in [5.41, 5.74) is 3.38. The fourth-order valence-corrected chi connectivity index (χ4v) is 4.10. The molecule has 4 rings (SSSR count). The number of rotatable bonds is 7. The molecule has 0 saturated heterocycles. The molecule has 2 N–H and O–H groups in total. The van der Waals surface area contributed by atoms with Crippen molar-refractivity contribution in [3.63, 3.8) is 0 Å². The third-order valence-electron chi connectivity index (χ3n) is 5.99. The second-order valence-electron chi connectivity index (χ2n) is 8.33. The van der Waals surface area contributed by atoms with Crippen LogP contribution < -0.4 is 15.4 Å². The van der Waals surface area contributed by atoms with Gasteiger partial charge in [-0.1, -0.05) is 43.5 Å². The van der Waals surface area contributed by atoms with Gasteiger partial charge in [-0.2, -0.15) is 0 Å². The standard InChI is InChI=1S/C26H30N4O2/c1-18(19-8-7-13-24(15-19)32-2)29-25(31)21-10-6-9-20(14-21)22-16-27-26(28-17-22)30-23-11-4-3-5-12-23/h6-10,13-18,23H,3-5,11-12H2,1-2H3,(H,29,31)(H,27,28,30)/t18-/m0/s1. The monoisotopic (exact) mass is 430 g/mol. The average Bonchev–Trinajstić information content (AvgIpc) is 2.85. The van der Waals surface area contributed by atoms with Gasteiger partial charge < -0.3 is 15.4 Å². The van der Waals surface area contributed by atoms with E-state index in [0.29, 0.717) is 17.6 Å². The van der Waals surface area contributed by atoms with Crippen LogP contribution in [0.25, 0.3) is 11.1 Å². The number of hydrogen-bond acceptors (Lipinski definition) is 5. The van der Waals surface area contributed by atoms with Crippen LogP contribution in [0.1, 0.15) is 61.0 Å². The van der Waals surface area contributed by atoms with Crippen molar-refractivity contribution in [2.45, 2.75) is 51.1 Å². The van der Waals surface area contributed by atoms with Crippen molar-refractivity contribution in [1.29, 1.82) is 0 Å². The molecule has 2 aromatic carbocycles. The first-order valence-electron chi connectivity index (χ1n) is 11.3. The molecule has 1 aliphatic carbocycles. The molecule has 1 aromatic heterocycles. The van der Waals surface area contributed by atoms with Crippen molar-refractivity contribution < 1.29 is 9.53 Å². The maximum absolute atomic E-state index is 12.9. The van der Waals surface area contributed by atoms with Gasteiger partial charge >= 0.3 is 0 Å². The lowest BCUT2D eigenvalue weighted by Gasteiger charge is -2.22. The van der Waals surface area contributed by atoms with Crippen molar-refractivity contribution >= 4 is 11.9 Å². The predicted octanol–water partition coefficient (Wildman–Crippen LogP) is 5.39. The molecule has 166 valence electrons. The molecular formula is C26H30N4O2. The SMILES string of the molecule is COc1cccc([C@H](C)NC(=O)c2cccc(-c3cnc(NC4CCCCC4)nc3)c2)c1. The molecule has 0 aliphatic heterocycles. The van der Waals surface area contributed by atoms with Crippen molar-refractivity contribution in [1.82, 2.24) is 15.3 Å². The number of methoxy groups -OCH3 is 1. The minimum atomic E-state index is -0.144. The van der Waals surface area contributed by atoms with Crippen molar-refractivity contribution in [2.75, 3.05) is 12.4 Å². The quantitative estimate of drug-likeness (QED) is 0.526. The maximum Gasteiger partial charge on any atom is 0.251 e. The van der Waals surface area contributed by atoms with Gasteiger partial charge in [-0.15, -0.1) is 0 Å². The normalized spacial score (nSPS) is 15.1. The Labute approximate surface area is 189 Å². The van der Waals surface area contributed by atoms with Crippen LogP contribution in [0.4, 0.5) is 5.95 Å². The first-order chi connectivity index (χ1) is 15.6. The van der Waals surface area contributed by atoms with Gasteiger partial charge in [0.15, 0.2) is 0 Å². The number of amides is 1. The largest absolute Gasteiger partial charge is 0.497 e. The average molecular weight is 431 g/mol. The minimum absolute atomic E-state index is 0.126. The Morgan fingerprint density at radius 3 is 2.50 bits per heavy atom. The van der Waals surface area contributed by atoms with Crippen LogP contribution in [0.15, 0.2) is 60.9 Å². The van der Waals surface area contributed by atoms with E-state index in [1.54, 1.807) is 7.11 Å². The zero-order valence-corrected chi connectivity index (χ0v) is 18.7. The molecule has 0 radical (unpaired) electrons. The molecule has 1 amide bonds. The van der Waals surface area contributed by atoms with E-state index >= 15 is 0 Å². The summed E-state index contributed by atoms with van der Waals surface area (Å²) in [7, 11) is 1.64. The Morgan fingerprint density at radius 2 is 1.75 bits per heavy atom. The highest BCUT2D eigenvalue weighted by Crippen LogP contribution is 2.23. The molecule has 0 unspecified atom stereocenters. The van der Waals surface area contributed by atoms with E-state index in [0.717, 1.165) is 22.4 Å². The van der Waals surface area contributed by atoms with E-state index in [4.69, 9.17) is 4.74 Å². The third kappa shape index (κ3) is 5.44. The molecule has 1 aliphatic rings. The summed E-state index contributed by atoms with van der Waals surface area (Å²) in [4.78, 5) is 21.8. The highest BCUT2D eigenvalue weighted by molar-refractivity contribution is 5.95. The molecular weight excluding hydrogens is 400 g/mol. The Balaban J connectivity index is 1.42. The van der Waals surface area contributed by atoms with E-state index in [9.17, 15) is 4.79 Å². The van der Waals surface area contributed by atoms with Crippen LogP contribution in [-0.4, -0.2) is 29.0 Å². The number of aromatic nitrogens is 2. The van der Waals surface area contributed by atoms with Crippen molar-refractivity contribution in [3.05, 3.63) is 72.1 Å². The van der Waals surface area contributed by atoms with E-state index in [1.807, 2.05) is 67.8 Å².